The summed E-state index contributed by atoms with van der Waals surface area (Å²) in [6.45, 7) is 0.0543. The third kappa shape index (κ3) is 3.34. The Morgan fingerprint density at radius 2 is 2.07 bits per heavy atom. The average molecular weight is 399 g/mol. The van der Waals surface area contributed by atoms with E-state index in [0.717, 1.165) is 17.7 Å². The minimum absolute atomic E-state index is 0.0543. The molecule has 28 heavy (non-hydrogen) atoms. The monoisotopic (exact) mass is 399 g/mol. The van der Waals surface area contributed by atoms with Gasteiger partial charge in [0.15, 0.2) is 22.3 Å². The van der Waals surface area contributed by atoms with Gasteiger partial charge in [-0.1, -0.05) is 18.2 Å². The number of hydrogen-bond acceptors (Lipinski definition) is 4. The maximum absolute atomic E-state index is 13.4. The summed E-state index contributed by atoms with van der Waals surface area (Å²) in [5, 5.41) is 4.60. The molecule has 4 rings (SSSR count). The Hall–Kier alpha value is -3.26. The molecule has 5 nitrogen and oxygen atoms in total. The van der Waals surface area contributed by atoms with Crippen LogP contribution in [0.4, 0.5) is 8.78 Å². The summed E-state index contributed by atoms with van der Waals surface area (Å²) in [6.07, 6.45) is 1.84. The van der Waals surface area contributed by atoms with Crippen molar-refractivity contribution < 1.29 is 18.3 Å². The molecule has 2 aromatic carbocycles. The van der Waals surface area contributed by atoms with Crippen LogP contribution in [0.5, 0.6) is 5.75 Å². The number of benzene rings is 2. The molecule has 0 aliphatic carbocycles. The highest BCUT2D eigenvalue weighted by molar-refractivity contribution is 7.15. The molecule has 2 aromatic heterocycles. The molecule has 0 radical (unpaired) electrons. The zero-order valence-corrected chi connectivity index (χ0v) is 15.6. The predicted octanol–water partition coefficient (Wildman–Crippen LogP) is 4.28. The van der Waals surface area contributed by atoms with Gasteiger partial charge < -0.3 is 10.1 Å². The fourth-order valence-corrected chi connectivity index (χ4v) is 3.62. The third-order valence-electron chi connectivity index (χ3n) is 4.26. The largest absolute Gasteiger partial charge is 0.497 e. The number of aromatic nitrogens is 2. The molecule has 0 aliphatic rings. The number of carbonyl (C=O) groups is 1. The number of hydrogen-bond donors (Lipinski definition) is 1. The number of methoxy groups -OCH3 is 1. The van der Waals surface area contributed by atoms with Crippen LogP contribution in [-0.4, -0.2) is 22.4 Å². The second-order valence-electron chi connectivity index (χ2n) is 6.03. The number of nitrogens with one attached hydrogen (secondary N) is 1. The van der Waals surface area contributed by atoms with Crippen LogP contribution in [0.3, 0.4) is 0 Å². The average Bonchev–Trinajstić information content (AvgIpc) is 3.30. The van der Waals surface area contributed by atoms with Crippen molar-refractivity contribution in [1.29, 1.82) is 0 Å². The number of fused-ring (bicyclic) bond motifs is 1. The minimum atomic E-state index is -0.952. The molecule has 0 spiro atoms. The molecular weight excluding hydrogens is 384 g/mol. The molecule has 4 aromatic rings. The van der Waals surface area contributed by atoms with E-state index in [9.17, 15) is 13.6 Å². The van der Waals surface area contributed by atoms with E-state index < -0.39 is 17.5 Å². The maximum Gasteiger partial charge on any atom is 0.272 e. The summed E-state index contributed by atoms with van der Waals surface area (Å²) in [5.41, 5.74) is 2.13. The Balaban J connectivity index is 1.67. The van der Waals surface area contributed by atoms with Crippen LogP contribution >= 0.6 is 11.3 Å². The van der Waals surface area contributed by atoms with Gasteiger partial charge in [-0.05, 0) is 29.8 Å². The van der Waals surface area contributed by atoms with Crippen LogP contribution in [0.15, 0.2) is 54.0 Å². The second-order valence-corrected chi connectivity index (χ2v) is 6.90. The van der Waals surface area contributed by atoms with Crippen molar-refractivity contribution >= 4 is 22.2 Å². The molecule has 0 fully saturated rings. The number of amides is 1. The molecule has 142 valence electrons. The van der Waals surface area contributed by atoms with Crippen LogP contribution < -0.4 is 10.1 Å². The van der Waals surface area contributed by atoms with Crippen molar-refractivity contribution in [1.82, 2.24) is 14.7 Å². The van der Waals surface area contributed by atoms with Gasteiger partial charge in [0.1, 0.15) is 5.75 Å². The highest BCUT2D eigenvalue weighted by Crippen LogP contribution is 2.30. The minimum Gasteiger partial charge on any atom is -0.497 e. The summed E-state index contributed by atoms with van der Waals surface area (Å²) in [5.74, 6) is -1.62. The van der Waals surface area contributed by atoms with Gasteiger partial charge in [0, 0.05) is 23.7 Å². The lowest BCUT2D eigenvalue weighted by molar-refractivity contribution is 0.0947. The topological polar surface area (TPSA) is 55.6 Å². The fraction of sp³-hybridized carbons (Fsp3) is 0.100. The zero-order valence-electron chi connectivity index (χ0n) is 14.8. The summed E-state index contributed by atoms with van der Waals surface area (Å²) in [7, 11) is 1.57. The van der Waals surface area contributed by atoms with Crippen LogP contribution in [0.1, 0.15) is 16.1 Å². The van der Waals surface area contributed by atoms with Crippen LogP contribution in [0.2, 0.25) is 0 Å². The molecule has 1 amide bonds. The van der Waals surface area contributed by atoms with E-state index in [1.165, 1.54) is 17.4 Å². The van der Waals surface area contributed by atoms with E-state index in [2.05, 4.69) is 10.3 Å². The van der Waals surface area contributed by atoms with Crippen LogP contribution in [0, 0.1) is 11.6 Å². The van der Waals surface area contributed by atoms with Crippen LogP contribution in [0.25, 0.3) is 16.2 Å². The second kappa shape index (κ2) is 7.40. The molecule has 0 aliphatic heterocycles. The van der Waals surface area contributed by atoms with Gasteiger partial charge in [-0.3, -0.25) is 9.20 Å². The SMILES string of the molecule is COc1cccc(-c2c(C(=O)NCc3ccc(F)c(F)c3)nc3sccn23)c1. The number of halogens is 2. The first-order chi connectivity index (χ1) is 13.6. The Morgan fingerprint density at radius 3 is 2.86 bits per heavy atom. The number of rotatable bonds is 5. The molecule has 0 unspecified atom stereocenters. The number of carbonyl (C=O) groups excluding carboxylic acids is 1. The number of imidazole rings is 1. The summed E-state index contributed by atoms with van der Waals surface area (Å²) in [4.78, 5) is 17.9. The standard InChI is InChI=1S/C20H15F2N3O2S/c1-27-14-4-2-3-13(10-14)18-17(24-20-25(18)7-8-28-20)19(26)23-11-12-5-6-15(21)16(22)9-12/h2-10H,11H2,1H3,(H,23,26). The maximum atomic E-state index is 13.4. The molecule has 0 atom stereocenters. The molecule has 2 heterocycles. The van der Waals surface area contributed by atoms with Gasteiger partial charge >= 0.3 is 0 Å². The van der Waals surface area contributed by atoms with Gasteiger partial charge in [-0.15, -0.1) is 11.3 Å². The van der Waals surface area contributed by atoms with Crippen molar-refractivity contribution in [3.63, 3.8) is 0 Å². The summed E-state index contributed by atoms with van der Waals surface area (Å²) < 4.78 is 33.5. The molecule has 0 bridgehead atoms. The lowest BCUT2D eigenvalue weighted by Gasteiger charge is -2.08. The van der Waals surface area contributed by atoms with E-state index in [1.807, 2.05) is 40.2 Å². The van der Waals surface area contributed by atoms with Crippen molar-refractivity contribution in [2.45, 2.75) is 6.54 Å². The first kappa shape index (κ1) is 18.1. The molecule has 1 N–H and O–H groups in total. The highest BCUT2D eigenvalue weighted by Gasteiger charge is 2.21. The van der Waals surface area contributed by atoms with Crippen molar-refractivity contribution in [3.8, 4) is 17.0 Å². The van der Waals surface area contributed by atoms with Crippen molar-refractivity contribution in [3.05, 3.63) is 76.9 Å². The van der Waals surface area contributed by atoms with Crippen molar-refractivity contribution in [2.24, 2.45) is 0 Å². The predicted molar refractivity (Wildman–Crippen MR) is 103 cm³/mol. The summed E-state index contributed by atoms with van der Waals surface area (Å²) in [6, 6.07) is 10.9. The number of ether oxygens (including phenoxy) is 1. The quantitative estimate of drug-likeness (QED) is 0.545. The lowest BCUT2D eigenvalue weighted by atomic mass is 10.1. The third-order valence-corrected chi connectivity index (χ3v) is 5.01. The van der Waals surface area contributed by atoms with Crippen LogP contribution in [-0.2, 0) is 6.54 Å². The smallest absolute Gasteiger partial charge is 0.272 e. The molecular formula is C20H15F2N3O2S. The Labute approximate surface area is 163 Å². The van der Waals surface area contributed by atoms with E-state index in [1.54, 1.807) is 7.11 Å². The Morgan fingerprint density at radius 1 is 1.21 bits per heavy atom. The van der Waals surface area contributed by atoms with Gasteiger partial charge in [0.2, 0.25) is 0 Å². The van der Waals surface area contributed by atoms with E-state index in [-0.39, 0.29) is 12.2 Å². The van der Waals surface area contributed by atoms with E-state index >= 15 is 0 Å². The van der Waals surface area contributed by atoms with E-state index in [0.29, 0.717) is 22.0 Å². The van der Waals surface area contributed by atoms with Crippen molar-refractivity contribution in [2.75, 3.05) is 7.11 Å². The summed E-state index contributed by atoms with van der Waals surface area (Å²) >= 11 is 1.41. The van der Waals surface area contributed by atoms with Gasteiger partial charge in [-0.25, -0.2) is 13.8 Å². The fourth-order valence-electron chi connectivity index (χ4n) is 2.91. The first-order valence-corrected chi connectivity index (χ1v) is 9.27. The number of nitrogens with zero attached hydrogens (tertiary/aromatic N) is 2. The van der Waals surface area contributed by atoms with Gasteiger partial charge in [-0.2, -0.15) is 0 Å². The normalized spacial score (nSPS) is 11.0. The molecule has 0 saturated carbocycles. The Bertz CT molecular complexity index is 1170. The Kier molecular flexibility index (Phi) is 4.79. The highest BCUT2D eigenvalue weighted by atomic mass is 32.1. The van der Waals surface area contributed by atoms with E-state index in [4.69, 9.17) is 4.74 Å². The lowest BCUT2D eigenvalue weighted by Crippen LogP contribution is -2.24. The van der Waals surface area contributed by atoms with Gasteiger partial charge in [0.05, 0.1) is 12.8 Å². The first-order valence-electron chi connectivity index (χ1n) is 8.39. The molecule has 0 saturated heterocycles. The zero-order chi connectivity index (χ0) is 19.7. The molecule has 8 heteroatoms. The van der Waals surface area contributed by atoms with Gasteiger partial charge in [0.25, 0.3) is 5.91 Å². The number of thiazole rings is 1.